The molecule has 0 radical (unpaired) electrons. The van der Waals surface area contributed by atoms with Crippen LogP contribution in [-0.4, -0.2) is 56.2 Å². The maximum Gasteiger partial charge on any atom is 0.269 e. The molecule has 1 aromatic carbocycles. The van der Waals surface area contributed by atoms with Gasteiger partial charge in [0.1, 0.15) is 12.1 Å². The number of nitrogens with zero attached hydrogens (tertiary/aromatic N) is 4. The Balaban J connectivity index is 1.38. The Morgan fingerprint density at radius 2 is 1.70 bits per heavy atom. The van der Waals surface area contributed by atoms with Crippen molar-refractivity contribution in [1.29, 1.82) is 0 Å². The monoisotopic (exact) mass is 489 g/mol. The van der Waals surface area contributed by atoms with Crippen molar-refractivity contribution < 1.29 is 16.8 Å². The summed E-state index contributed by atoms with van der Waals surface area (Å²) in [6.07, 6.45) is 6.08. The second kappa shape index (κ2) is 7.51. The van der Waals surface area contributed by atoms with Crippen molar-refractivity contribution in [2.24, 2.45) is 5.41 Å². The minimum atomic E-state index is -3.78. The van der Waals surface area contributed by atoms with E-state index in [0.29, 0.717) is 29.7 Å². The first-order valence-electron chi connectivity index (χ1n) is 10.9. The molecule has 2 aromatic heterocycles. The van der Waals surface area contributed by atoms with Crippen LogP contribution in [0.4, 0.5) is 5.82 Å². The number of benzene rings is 1. The van der Waals surface area contributed by atoms with Crippen LogP contribution in [-0.2, 0) is 20.0 Å². The first-order chi connectivity index (χ1) is 15.6. The molecular weight excluding hydrogens is 462 g/mol. The van der Waals surface area contributed by atoms with Crippen LogP contribution >= 0.6 is 0 Å². The first kappa shape index (κ1) is 22.3. The molecule has 9 nitrogen and oxygen atoms in total. The third kappa shape index (κ3) is 3.53. The molecule has 2 heterocycles. The van der Waals surface area contributed by atoms with E-state index in [-0.39, 0.29) is 21.6 Å². The molecule has 0 amide bonds. The predicted molar refractivity (Wildman–Crippen MR) is 126 cm³/mol. The molecule has 0 aliphatic heterocycles. The van der Waals surface area contributed by atoms with Crippen molar-refractivity contribution >= 4 is 36.9 Å². The third-order valence-corrected chi connectivity index (χ3v) is 10.7. The van der Waals surface area contributed by atoms with E-state index in [2.05, 4.69) is 19.6 Å². The van der Waals surface area contributed by atoms with Gasteiger partial charge in [-0.2, -0.15) is 0 Å². The standard InChI is InChI=1S/C22H27N5O4S2/c1-15-4-6-17(7-5-15)33(30,31)27-9-8-19-20(24-14-25-21(19)27)26(3)16-10-22(11-16)12-18(13-22)32(28,29)23-2/h4-9,14,16,18,23H,10-13H2,1-3H3. The van der Waals surface area contributed by atoms with Gasteiger partial charge in [0.2, 0.25) is 10.0 Å². The van der Waals surface area contributed by atoms with E-state index in [4.69, 9.17) is 0 Å². The molecule has 0 saturated heterocycles. The number of rotatable bonds is 6. The van der Waals surface area contributed by atoms with Crippen LogP contribution in [0, 0.1) is 12.3 Å². The van der Waals surface area contributed by atoms with Crippen molar-refractivity contribution in [3.05, 3.63) is 48.4 Å². The molecule has 0 unspecified atom stereocenters. The fourth-order valence-electron chi connectivity index (χ4n) is 5.23. The van der Waals surface area contributed by atoms with E-state index in [1.807, 2.05) is 14.0 Å². The SMILES string of the molecule is CNS(=O)(=O)C1CC2(CC(N(C)c3ncnc4c3ccn4S(=O)(=O)c3ccc(C)cc3)C2)C1. The Kier molecular flexibility index (Phi) is 5.07. The lowest BCUT2D eigenvalue weighted by Gasteiger charge is -2.59. The van der Waals surface area contributed by atoms with Gasteiger partial charge >= 0.3 is 0 Å². The Hall–Kier alpha value is -2.50. The predicted octanol–water partition coefficient (Wildman–Crippen LogP) is 2.27. The van der Waals surface area contributed by atoms with Gasteiger partial charge in [0.05, 0.1) is 15.5 Å². The van der Waals surface area contributed by atoms with Gasteiger partial charge in [-0.1, -0.05) is 17.7 Å². The van der Waals surface area contributed by atoms with E-state index < -0.39 is 20.0 Å². The Morgan fingerprint density at radius 3 is 2.33 bits per heavy atom. The van der Waals surface area contributed by atoms with Crippen molar-refractivity contribution in [2.45, 2.75) is 48.8 Å². The summed E-state index contributed by atoms with van der Waals surface area (Å²) in [6, 6.07) is 8.69. The van der Waals surface area contributed by atoms with Gasteiger partial charge in [-0.15, -0.1) is 0 Å². The first-order valence-corrected chi connectivity index (χ1v) is 13.8. The lowest BCUT2D eigenvalue weighted by Crippen LogP contribution is -2.59. The van der Waals surface area contributed by atoms with Gasteiger partial charge < -0.3 is 4.90 Å². The van der Waals surface area contributed by atoms with Crippen LogP contribution in [0.2, 0.25) is 0 Å². The third-order valence-electron chi connectivity index (χ3n) is 7.27. The number of aromatic nitrogens is 3. The zero-order valence-corrected chi connectivity index (χ0v) is 20.4. The molecule has 1 spiro atoms. The highest BCUT2D eigenvalue weighted by Gasteiger charge is 2.57. The highest BCUT2D eigenvalue weighted by atomic mass is 32.2. The number of sulfonamides is 1. The second-order valence-electron chi connectivity index (χ2n) is 9.32. The summed E-state index contributed by atoms with van der Waals surface area (Å²) < 4.78 is 54.1. The summed E-state index contributed by atoms with van der Waals surface area (Å²) in [5.74, 6) is 0.677. The fourth-order valence-corrected chi connectivity index (χ4v) is 8.01. The number of fused-ring (bicyclic) bond motifs is 1. The molecule has 3 aromatic rings. The number of hydrogen-bond donors (Lipinski definition) is 1. The molecule has 11 heteroatoms. The number of nitrogens with one attached hydrogen (secondary N) is 1. The van der Waals surface area contributed by atoms with Crippen molar-refractivity contribution in [3.8, 4) is 0 Å². The molecule has 0 atom stereocenters. The van der Waals surface area contributed by atoms with Crippen LogP contribution in [0.3, 0.4) is 0 Å². The molecule has 1 N–H and O–H groups in total. The van der Waals surface area contributed by atoms with Crippen LogP contribution in [0.5, 0.6) is 0 Å². The normalized spacial score (nSPS) is 25.1. The summed E-state index contributed by atoms with van der Waals surface area (Å²) in [5, 5.41) is 0.362. The minimum Gasteiger partial charge on any atom is -0.356 e. The highest BCUT2D eigenvalue weighted by molar-refractivity contribution is 7.90. The maximum absolute atomic E-state index is 13.2. The summed E-state index contributed by atoms with van der Waals surface area (Å²) in [4.78, 5) is 11.0. The van der Waals surface area contributed by atoms with Crippen LogP contribution in [0.15, 0.2) is 47.8 Å². The van der Waals surface area contributed by atoms with Crippen LogP contribution in [0.1, 0.15) is 31.2 Å². The summed E-state index contributed by atoms with van der Waals surface area (Å²) >= 11 is 0. The van der Waals surface area contributed by atoms with Gasteiger partial charge in [0, 0.05) is 19.3 Å². The fraction of sp³-hybridized carbons (Fsp3) is 0.455. The summed E-state index contributed by atoms with van der Waals surface area (Å²) in [6.45, 7) is 1.91. The van der Waals surface area contributed by atoms with E-state index >= 15 is 0 Å². The molecule has 2 fully saturated rings. The zero-order valence-electron chi connectivity index (χ0n) is 18.8. The number of hydrogen-bond acceptors (Lipinski definition) is 7. The van der Waals surface area contributed by atoms with Gasteiger partial charge in [-0.05, 0) is 63.3 Å². The summed E-state index contributed by atoms with van der Waals surface area (Å²) in [5.41, 5.74) is 1.41. The molecule has 5 rings (SSSR count). The largest absolute Gasteiger partial charge is 0.356 e. The maximum atomic E-state index is 13.2. The van der Waals surface area contributed by atoms with E-state index in [0.717, 1.165) is 18.4 Å². The van der Waals surface area contributed by atoms with Crippen LogP contribution < -0.4 is 9.62 Å². The zero-order chi connectivity index (χ0) is 23.6. The Bertz CT molecular complexity index is 1420. The molecular formula is C22H27N5O4S2. The number of aryl methyl sites for hydroxylation is 1. The van der Waals surface area contributed by atoms with E-state index in [1.54, 1.807) is 30.3 Å². The molecule has 176 valence electrons. The van der Waals surface area contributed by atoms with Crippen molar-refractivity contribution in [2.75, 3.05) is 19.0 Å². The molecule has 2 aliphatic rings. The average molecular weight is 490 g/mol. The van der Waals surface area contributed by atoms with Gasteiger partial charge in [0.25, 0.3) is 10.0 Å². The van der Waals surface area contributed by atoms with Gasteiger partial charge in [0.15, 0.2) is 5.65 Å². The van der Waals surface area contributed by atoms with E-state index in [1.165, 1.54) is 23.5 Å². The van der Waals surface area contributed by atoms with Gasteiger partial charge in [-0.25, -0.2) is 35.5 Å². The molecule has 2 saturated carbocycles. The molecule has 0 bridgehead atoms. The Morgan fingerprint density at radius 1 is 1.03 bits per heavy atom. The molecule has 2 aliphatic carbocycles. The Labute approximate surface area is 193 Å². The average Bonchev–Trinajstić information content (AvgIpc) is 3.17. The minimum absolute atomic E-state index is 0.0837. The van der Waals surface area contributed by atoms with Crippen molar-refractivity contribution in [1.82, 2.24) is 18.7 Å². The van der Waals surface area contributed by atoms with Crippen molar-refractivity contribution in [3.63, 3.8) is 0 Å². The lowest BCUT2D eigenvalue weighted by atomic mass is 9.53. The van der Waals surface area contributed by atoms with Gasteiger partial charge in [-0.3, -0.25) is 0 Å². The smallest absolute Gasteiger partial charge is 0.269 e. The summed E-state index contributed by atoms with van der Waals surface area (Å²) in [7, 11) is -3.58. The molecule has 33 heavy (non-hydrogen) atoms. The highest BCUT2D eigenvalue weighted by Crippen LogP contribution is 2.59. The number of anilines is 1. The van der Waals surface area contributed by atoms with E-state index in [9.17, 15) is 16.8 Å². The van der Waals surface area contributed by atoms with Crippen LogP contribution in [0.25, 0.3) is 11.0 Å². The topological polar surface area (TPSA) is 114 Å². The quantitative estimate of drug-likeness (QED) is 0.565. The lowest BCUT2D eigenvalue weighted by molar-refractivity contribution is 0.0135. The second-order valence-corrected chi connectivity index (χ2v) is 13.3.